The van der Waals surface area contributed by atoms with E-state index in [1.165, 1.54) is 30.3 Å². The third-order valence-corrected chi connectivity index (χ3v) is 5.95. The zero-order valence-corrected chi connectivity index (χ0v) is 16.3. The summed E-state index contributed by atoms with van der Waals surface area (Å²) in [7, 11) is -3.93. The number of nitrogens with one attached hydrogen (secondary N) is 1. The molecule has 0 spiro atoms. The first-order valence-corrected chi connectivity index (χ1v) is 9.80. The molecule has 0 bridgehead atoms. The fourth-order valence-corrected chi connectivity index (χ4v) is 3.84. The van der Waals surface area contributed by atoms with Crippen molar-refractivity contribution in [2.75, 3.05) is 17.4 Å². The average molecular weight is 393 g/mol. The SMILES string of the molecule is C=CCNC(=O)CN(c1ccc(C)c(C)c1)S(=O)(=O)c1ccc(Cl)cc1. The molecule has 2 aromatic rings. The van der Waals surface area contributed by atoms with E-state index in [9.17, 15) is 13.2 Å². The predicted molar refractivity (Wildman–Crippen MR) is 105 cm³/mol. The fourth-order valence-electron chi connectivity index (χ4n) is 2.30. The third-order valence-electron chi connectivity index (χ3n) is 3.91. The van der Waals surface area contributed by atoms with Gasteiger partial charge in [0.2, 0.25) is 5.91 Å². The molecule has 0 radical (unpaired) electrons. The number of hydrogen-bond acceptors (Lipinski definition) is 3. The van der Waals surface area contributed by atoms with Gasteiger partial charge in [0, 0.05) is 11.6 Å². The van der Waals surface area contributed by atoms with Gasteiger partial charge in [-0.05, 0) is 61.4 Å². The maximum absolute atomic E-state index is 13.1. The normalized spacial score (nSPS) is 11.0. The highest BCUT2D eigenvalue weighted by Gasteiger charge is 2.27. The van der Waals surface area contributed by atoms with E-state index in [-0.39, 0.29) is 18.0 Å². The van der Waals surface area contributed by atoms with Gasteiger partial charge >= 0.3 is 0 Å². The van der Waals surface area contributed by atoms with Gasteiger partial charge in [-0.3, -0.25) is 9.10 Å². The number of aryl methyl sites for hydroxylation is 2. The summed E-state index contributed by atoms with van der Waals surface area (Å²) in [5, 5.41) is 3.04. The molecule has 7 heteroatoms. The van der Waals surface area contributed by atoms with Crippen LogP contribution in [-0.4, -0.2) is 27.4 Å². The molecule has 1 amide bonds. The van der Waals surface area contributed by atoms with Crippen molar-refractivity contribution in [2.24, 2.45) is 0 Å². The Morgan fingerprint density at radius 3 is 2.38 bits per heavy atom. The summed E-state index contributed by atoms with van der Waals surface area (Å²) in [5.41, 5.74) is 2.40. The molecule has 2 rings (SSSR count). The van der Waals surface area contributed by atoms with Crippen LogP contribution in [0.1, 0.15) is 11.1 Å². The molecule has 0 aromatic heterocycles. The third kappa shape index (κ3) is 4.65. The minimum atomic E-state index is -3.93. The van der Waals surface area contributed by atoms with Gasteiger partial charge < -0.3 is 5.32 Å². The minimum Gasteiger partial charge on any atom is -0.351 e. The Labute approximate surface area is 159 Å². The highest BCUT2D eigenvalue weighted by Crippen LogP contribution is 2.26. The number of benzene rings is 2. The Balaban J connectivity index is 2.47. The van der Waals surface area contributed by atoms with Crippen molar-refractivity contribution < 1.29 is 13.2 Å². The first-order chi connectivity index (χ1) is 12.3. The zero-order valence-electron chi connectivity index (χ0n) is 14.7. The van der Waals surface area contributed by atoms with Crippen LogP contribution in [0.25, 0.3) is 0 Å². The van der Waals surface area contributed by atoms with E-state index in [2.05, 4.69) is 11.9 Å². The quantitative estimate of drug-likeness (QED) is 0.734. The highest BCUT2D eigenvalue weighted by atomic mass is 35.5. The second-order valence-corrected chi connectivity index (χ2v) is 8.13. The molecule has 0 saturated heterocycles. The Bertz CT molecular complexity index is 909. The molecular formula is C19H21ClN2O3S. The van der Waals surface area contributed by atoms with Crippen LogP contribution in [0.3, 0.4) is 0 Å². The van der Waals surface area contributed by atoms with Crippen molar-refractivity contribution in [3.05, 3.63) is 71.3 Å². The molecule has 0 heterocycles. The van der Waals surface area contributed by atoms with E-state index in [1.54, 1.807) is 12.1 Å². The van der Waals surface area contributed by atoms with Crippen LogP contribution >= 0.6 is 11.6 Å². The van der Waals surface area contributed by atoms with E-state index in [0.29, 0.717) is 10.7 Å². The van der Waals surface area contributed by atoms with Crippen LogP contribution in [0.4, 0.5) is 5.69 Å². The molecule has 1 N–H and O–H groups in total. The molecule has 0 aliphatic rings. The second kappa shape index (κ2) is 8.38. The van der Waals surface area contributed by atoms with Crippen molar-refractivity contribution in [3.8, 4) is 0 Å². The van der Waals surface area contributed by atoms with Crippen LogP contribution < -0.4 is 9.62 Å². The Morgan fingerprint density at radius 1 is 1.15 bits per heavy atom. The van der Waals surface area contributed by atoms with Crippen molar-refractivity contribution in [3.63, 3.8) is 0 Å². The lowest BCUT2D eigenvalue weighted by Gasteiger charge is -2.24. The van der Waals surface area contributed by atoms with Crippen LogP contribution in [0.5, 0.6) is 0 Å². The molecular weight excluding hydrogens is 372 g/mol. The van der Waals surface area contributed by atoms with Crippen molar-refractivity contribution in [2.45, 2.75) is 18.7 Å². The Morgan fingerprint density at radius 2 is 1.81 bits per heavy atom. The number of carbonyl (C=O) groups is 1. The van der Waals surface area contributed by atoms with E-state index >= 15 is 0 Å². The van der Waals surface area contributed by atoms with Crippen LogP contribution in [0, 0.1) is 13.8 Å². The highest BCUT2D eigenvalue weighted by molar-refractivity contribution is 7.92. The summed E-state index contributed by atoms with van der Waals surface area (Å²) in [6.45, 7) is 7.30. The zero-order chi connectivity index (χ0) is 19.3. The summed E-state index contributed by atoms with van der Waals surface area (Å²) >= 11 is 5.86. The van der Waals surface area contributed by atoms with Crippen molar-refractivity contribution >= 4 is 33.2 Å². The first kappa shape index (κ1) is 20.0. The topological polar surface area (TPSA) is 66.5 Å². The van der Waals surface area contributed by atoms with Crippen molar-refractivity contribution in [1.82, 2.24) is 5.32 Å². The van der Waals surface area contributed by atoms with E-state index in [1.807, 2.05) is 19.9 Å². The summed E-state index contributed by atoms with van der Waals surface area (Å²) < 4.78 is 27.4. The van der Waals surface area contributed by atoms with Crippen LogP contribution in [0.2, 0.25) is 5.02 Å². The van der Waals surface area contributed by atoms with Gasteiger partial charge in [-0.25, -0.2) is 8.42 Å². The molecule has 0 aliphatic carbocycles. The minimum absolute atomic E-state index is 0.0663. The number of amides is 1. The van der Waals surface area contributed by atoms with Crippen molar-refractivity contribution in [1.29, 1.82) is 0 Å². The lowest BCUT2D eigenvalue weighted by Crippen LogP contribution is -2.41. The molecule has 0 aliphatic heterocycles. The number of anilines is 1. The maximum atomic E-state index is 13.1. The summed E-state index contributed by atoms with van der Waals surface area (Å²) in [5.74, 6) is -0.416. The number of nitrogens with zero attached hydrogens (tertiary/aromatic N) is 1. The monoisotopic (exact) mass is 392 g/mol. The van der Waals surface area contributed by atoms with E-state index in [4.69, 9.17) is 11.6 Å². The van der Waals surface area contributed by atoms with Gasteiger partial charge in [-0.15, -0.1) is 6.58 Å². The summed E-state index contributed by atoms with van der Waals surface area (Å²) in [4.78, 5) is 12.2. The smallest absolute Gasteiger partial charge is 0.264 e. The molecule has 0 atom stereocenters. The number of hydrogen-bond donors (Lipinski definition) is 1. The van der Waals surface area contributed by atoms with Gasteiger partial charge in [-0.1, -0.05) is 23.7 Å². The Kier molecular flexibility index (Phi) is 6.45. The number of carbonyl (C=O) groups excluding carboxylic acids is 1. The molecule has 0 unspecified atom stereocenters. The van der Waals surface area contributed by atoms with Gasteiger partial charge in [0.05, 0.1) is 10.6 Å². The molecule has 2 aromatic carbocycles. The Hall–Kier alpha value is -2.31. The summed E-state index contributed by atoms with van der Waals surface area (Å²) in [6, 6.07) is 11.1. The molecule has 138 valence electrons. The molecule has 0 fully saturated rings. The van der Waals surface area contributed by atoms with Crippen LogP contribution in [-0.2, 0) is 14.8 Å². The van der Waals surface area contributed by atoms with Crippen LogP contribution in [0.15, 0.2) is 60.0 Å². The molecule has 5 nitrogen and oxygen atoms in total. The number of halogens is 1. The average Bonchev–Trinajstić information content (AvgIpc) is 2.60. The predicted octanol–water partition coefficient (Wildman–Crippen LogP) is 3.45. The summed E-state index contributed by atoms with van der Waals surface area (Å²) in [6.07, 6.45) is 1.53. The lowest BCUT2D eigenvalue weighted by atomic mass is 10.1. The van der Waals surface area contributed by atoms with E-state index in [0.717, 1.165) is 15.4 Å². The number of rotatable bonds is 7. The van der Waals surface area contributed by atoms with Gasteiger partial charge in [0.25, 0.3) is 10.0 Å². The largest absolute Gasteiger partial charge is 0.351 e. The molecule has 26 heavy (non-hydrogen) atoms. The number of sulfonamides is 1. The maximum Gasteiger partial charge on any atom is 0.264 e. The first-order valence-electron chi connectivity index (χ1n) is 7.99. The lowest BCUT2D eigenvalue weighted by molar-refractivity contribution is -0.119. The van der Waals surface area contributed by atoms with Gasteiger partial charge in [-0.2, -0.15) is 0 Å². The molecule has 0 saturated carbocycles. The second-order valence-electron chi connectivity index (χ2n) is 5.83. The fraction of sp³-hybridized carbons (Fsp3) is 0.211. The van der Waals surface area contributed by atoms with E-state index < -0.39 is 15.9 Å². The van der Waals surface area contributed by atoms with Gasteiger partial charge in [0.1, 0.15) is 6.54 Å². The van der Waals surface area contributed by atoms with Gasteiger partial charge in [0.15, 0.2) is 0 Å². The standard InChI is InChI=1S/C19H21ClN2O3S/c1-4-11-21-19(23)13-22(17-8-5-14(2)15(3)12-17)26(24,25)18-9-6-16(20)7-10-18/h4-10,12H,1,11,13H2,2-3H3,(H,21,23).